The minimum absolute atomic E-state index is 0.0705. The molecule has 30 heavy (non-hydrogen) atoms. The molecule has 162 valence electrons. The van der Waals surface area contributed by atoms with Gasteiger partial charge in [-0.05, 0) is 56.4 Å². The first-order chi connectivity index (χ1) is 14.4. The van der Waals surface area contributed by atoms with Gasteiger partial charge in [0.2, 0.25) is 5.91 Å². The number of hydrogen-bond acceptors (Lipinski definition) is 3. The molecule has 5 heteroatoms. The fourth-order valence-electron chi connectivity index (χ4n) is 3.27. The molecule has 0 radical (unpaired) electrons. The van der Waals surface area contributed by atoms with Crippen LogP contribution in [-0.2, 0) is 16.0 Å². The Morgan fingerprint density at radius 3 is 2.40 bits per heavy atom. The maximum atomic E-state index is 13.1. The van der Waals surface area contributed by atoms with Crippen molar-refractivity contribution in [3.63, 3.8) is 0 Å². The van der Waals surface area contributed by atoms with Gasteiger partial charge in [0.1, 0.15) is 11.8 Å². The summed E-state index contributed by atoms with van der Waals surface area (Å²) >= 11 is 0. The van der Waals surface area contributed by atoms with Crippen LogP contribution in [0.25, 0.3) is 0 Å². The van der Waals surface area contributed by atoms with Crippen molar-refractivity contribution in [3.8, 4) is 5.75 Å². The zero-order valence-electron chi connectivity index (χ0n) is 18.6. The van der Waals surface area contributed by atoms with Gasteiger partial charge < -0.3 is 15.0 Å². The summed E-state index contributed by atoms with van der Waals surface area (Å²) in [4.78, 5) is 27.6. The van der Waals surface area contributed by atoms with E-state index in [1.54, 1.807) is 4.90 Å². The molecule has 2 aromatic carbocycles. The van der Waals surface area contributed by atoms with Crippen molar-refractivity contribution in [2.75, 3.05) is 13.2 Å². The van der Waals surface area contributed by atoms with E-state index in [0.29, 0.717) is 25.1 Å². The van der Waals surface area contributed by atoms with Gasteiger partial charge in [-0.15, -0.1) is 0 Å². The Labute approximate surface area is 180 Å². The standard InChI is InChI=1S/C25H34N2O3/c1-5-20(4)26-25(29)23(6-2)27(16-15-21-12-8-7-9-13-21)24(28)18-30-22-14-10-11-19(3)17-22/h7-14,17,20,23H,5-6,15-16,18H2,1-4H3,(H,26,29)/t20-,23-/m0/s1. The van der Waals surface area contributed by atoms with E-state index in [0.717, 1.165) is 17.5 Å². The van der Waals surface area contributed by atoms with E-state index in [9.17, 15) is 9.59 Å². The Hall–Kier alpha value is -2.82. The van der Waals surface area contributed by atoms with Gasteiger partial charge >= 0.3 is 0 Å². The van der Waals surface area contributed by atoms with Crippen LogP contribution in [-0.4, -0.2) is 41.9 Å². The Bertz CT molecular complexity index is 807. The van der Waals surface area contributed by atoms with Crippen LogP contribution in [0.5, 0.6) is 5.75 Å². The average Bonchev–Trinajstić information content (AvgIpc) is 2.75. The number of rotatable bonds is 11. The number of hydrogen-bond donors (Lipinski definition) is 1. The molecule has 2 amide bonds. The van der Waals surface area contributed by atoms with Gasteiger partial charge in [-0.3, -0.25) is 9.59 Å². The minimum Gasteiger partial charge on any atom is -0.484 e. The van der Waals surface area contributed by atoms with Crippen LogP contribution in [0.15, 0.2) is 54.6 Å². The molecule has 0 saturated heterocycles. The maximum absolute atomic E-state index is 13.1. The van der Waals surface area contributed by atoms with E-state index in [-0.39, 0.29) is 24.5 Å². The third-order valence-electron chi connectivity index (χ3n) is 5.22. The van der Waals surface area contributed by atoms with Crippen molar-refractivity contribution in [3.05, 3.63) is 65.7 Å². The summed E-state index contributed by atoms with van der Waals surface area (Å²) in [7, 11) is 0. The van der Waals surface area contributed by atoms with Gasteiger partial charge in [0.05, 0.1) is 0 Å². The van der Waals surface area contributed by atoms with Crippen LogP contribution >= 0.6 is 0 Å². The third-order valence-corrected chi connectivity index (χ3v) is 5.22. The molecule has 0 spiro atoms. The van der Waals surface area contributed by atoms with Gasteiger partial charge in [-0.1, -0.05) is 56.3 Å². The number of ether oxygens (including phenoxy) is 1. The largest absolute Gasteiger partial charge is 0.484 e. The monoisotopic (exact) mass is 410 g/mol. The molecule has 2 aromatic rings. The van der Waals surface area contributed by atoms with E-state index in [2.05, 4.69) is 5.32 Å². The first-order valence-corrected chi connectivity index (χ1v) is 10.8. The van der Waals surface area contributed by atoms with Crippen LogP contribution in [0.1, 0.15) is 44.7 Å². The predicted molar refractivity (Wildman–Crippen MR) is 121 cm³/mol. The highest BCUT2D eigenvalue weighted by Gasteiger charge is 2.29. The first kappa shape index (κ1) is 23.5. The van der Waals surface area contributed by atoms with Crippen LogP contribution in [0.4, 0.5) is 0 Å². The van der Waals surface area contributed by atoms with E-state index in [4.69, 9.17) is 4.74 Å². The number of benzene rings is 2. The Balaban J connectivity index is 2.13. The number of nitrogens with zero attached hydrogens (tertiary/aromatic N) is 1. The Morgan fingerprint density at radius 1 is 1.03 bits per heavy atom. The molecular formula is C25H34N2O3. The van der Waals surface area contributed by atoms with Crippen LogP contribution in [0.2, 0.25) is 0 Å². The Kier molecular flexibility index (Phi) is 9.39. The number of carbonyl (C=O) groups is 2. The lowest BCUT2D eigenvalue weighted by molar-refractivity contribution is -0.142. The van der Waals surface area contributed by atoms with E-state index < -0.39 is 6.04 Å². The molecular weight excluding hydrogens is 376 g/mol. The smallest absolute Gasteiger partial charge is 0.261 e. The quantitative estimate of drug-likeness (QED) is 0.606. The van der Waals surface area contributed by atoms with Crippen LogP contribution in [0.3, 0.4) is 0 Å². The molecule has 2 rings (SSSR count). The van der Waals surface area contributed by atoms with Gasteiger partial charge in [-0.25, -0.2) is 0 Å². The average molecular weight is 411 g/mol. The lowest BCUT2D eigenvalue weighted by Gasteiger charge is -2.31. The van der Waals surface area contributed by atoms with E-state index in [1.165, 1.54) is 0 Å². The SMILES string of the molecule is CC[C@H](C)NC(=O)[C@H](CC)N(CCc1ccccc1)C(=O)COc1cccc(C)c1. The molecule has 1 N–H and O–H groups in total. The van der Waals surface area contributed by atoms with Crippen molar-refractivity contribution < 1.29 is 14.3 Å². The summed E-state index contributed by atoms with van der Waals surface area (Å²) in [6, 6.07) is 17.2. The van der Waals surface area contributed by atoms with E-state index in [1.807, 2.05) is 82.3 Å². The lowest BCUT2D eigenvalue weighted by atomic mass is 10.1. The van der Waals surface area contributed by atoms with Crippen LogP contribution < -0.4 is 10.1 Å². The fourth-order valence-corrected chi connectivity index (χ4v) is 3.27. The summed E-state index contributed by atoms with van der Waals surface area (Å²) < 4.78 is 5.74. The molecule has 5 nitrogen and oxygen atoms in total. The second-order valence-corrected chi connectivity index (χ2v) is 7.67. The molecule has 0 unspecified atom stereocenters. The summed E-state index contributed by atoms with van der Waals surface area (Å²) in [5.74, 6) is 0.367. The second kappa shape index (κ2) is 12.0. The number of nitrogens with one attached hydrogen (secondary N) is 1. The van der Waals surface area contributed by atoms with Crippen LogP contribution in [0, 0.1) is 6.92 Å². The molecule has 0 heterocycles. The van der Waals surface area contributed by atoms with Gasteiger partial charge in [0.25, 0.3) is 5.91 Å². The third kappa shape index (κ3) is 7.21. The fraction of sp³-hybridized carbons (Fsp3) is 0.440. The molecule has 0 saturated carbocycles. The second-order valence-electron chi connectivity index (χ2n) is 7.67. The summed E-state index contributed by atoms with van der Waals surface area (Å²) in [6.45, 7) is 8.29. The zero-order chi connectivity index (χ0) is 21.9. The molecule has 0 aliphatic heterocycles. The molecule has 0 fully saturated rings. The lowest BCUT2D eigenvalue weighted by Crippen LogP contribution is -2.52. The van der Waals surface area contributed by atoms with Crippen molar-refractivity contribution in [2.45, 2.75) is 59.0 Å². The molecule has 0 bridgehead atoms. The molecule has 2 atom stereocenters. The first-order valence-electron chi connectivity index (χ1n) is 10.8. The predicted octanol–water partition coefficient (Wildman–Crippen LogP) is 4.14. The number of amides is 2. The van der Waals surface area contributed by atoms with Crippen molar-refractivity contribution in [2.24, 2.45) is 0 Å². The summed E-state index contributed by atoms with van der Waals surface area (Å²) in [6.07, 6.45) is 2.08. The van der Waals surface area contributed by atoms with Crippen molar-refractivity contribution in [1.29, 1.82) is 0 Å². The Morgan fingerprint density at radius 2 is 1.77 bits per heavy atom. The summed E-state index contributed by atoms with van der Waals surface area (Å²) in [5, 5.41) is 3.02. The highest BCUT2D eigenvalue weighted by Crippen LogP contribution is 2.14. The van der Waals surface area contributed by atoms with Gasteiger partial charge in [0, 0.05) is 12.6 Å². The maximum Gasteiger partial charge on any atom is 0.261 e. The molecule has 0 aliphatic carbocycles. The highest BCUT2D eigenvalue weighted by molar-refractivity contribution is 5.88. The van der Waals surface area contributed by atoms with Gasteiger partial charge in [0.15, 0.2) is 6.61 Å². The molecule has 0 aromatic heterocycles. The molecule has 0 aliphatic rings. The zero-order valence-corrected chi connectivity index (χ0v) is 18.6. The normalized spacial score (nSPS) is 12.7. The van der Waals surface area contributed by atoms with E-state index >= 15 is 0 Å². The highest BCUT2D eigenvalue weighted by atomic mass is 16.5. The topological polar surface area (TPSA) is 58.6 Å². The number of aryl methyl sites for hydroxylation is 1. The number of carbonyl (C=O) groups excluding carboxylic acids is 2. The van der Waals surface area contributed by atoms with Gasteiger partial charge in [-0.2, -0.15) is 0 Å². The van der Waals surface area contributed by atoms with Crippen molar-refractivity contribution >= 4 is 11.8 Å². The summed E-state index contributed by atoms with van der Waals surface area (Å²) in [5.41, 5.74) is 2.20. The van der Waals surface area contributed by atoms with Crippen molar-refractivity contribution in [1.82, 2.24) is 10.2 Å². The minimum atomic E-state index is -0.517.